The minimum atomic E-state index is -3.70. The molecule has 140 valence electrons. The fourth-order valence-electron chi connectivity index (χ4n) is 2.25. The van der Waals surface area contributed by atoms with Crippen molar-refractivity contribution in [2.24, 2.45) is 0 Å². The van der Waals surface area contributed by atoms with Gasteiger partial charge in [0, 0.05) is 11.1 Å². The summed E-state index contributed by atoms with van der Waals surface area (Å²) in [4.78, 5) is 16.5. The summed E-state index contributed by atoms with van der Waals surface area (Å²) in [6.45, 7) is 0. The fraction of sp³-hybridized carbons (Fsp3) is 0.111. The Morgan fingerprint density at radius 2 is 1.81 bits per heavy atom. The molecule has 3 rings (SSSR count). The number of amides is 1. The van der Waals surface area contributed by atoms with E-state index in [1.165, 1.54) is 12.1 Å². The molecule has 7 nitrogen and oxygen atoms in total. The highest BCUT2D eigenvalue weighted by molar-refractivity contribution is 7.93. The van der Waals surface area contributed by atoms with Crippen molar-refractivity contribution in [1.29, 1.82) is 0 Å². The molecule has 0 radical (unpaired) electrons. The summed E-state index contributed by atoms with van der Waals surface area (Å²) < 4.78 is 32.1. The lowest BCUT2D eigenvalue weighted by molar-refractivity contribution is -0.115. The zero-order valence-electron chi connectivity index (χ0n) is 14.4. The molecule has 9 heteroatoms. The average Bonchev–Trinajstić information content (AvgIpc) is 3.09. The van der Waals surface area contributed by atoms with Crippen molar-refractivity contribution >= 4 is 38.1 Å². The van der Waals surface area contributed by atoms with E-state index in [-0.39, 0.29) is 22.4 Å². The summed E-state index contributed by atoms with van der Waals surface area (Å²) in [5, 5.41) is 4.62. The predicted octanol–water partition coefficient (Wildman–Crippen LogP) is 3.13. The number of hydrogen-bond donors (Lipinski definition) is 2. The van der Waals surface area contributed by atoms with Gasteiger partial charge in [-0.25, -0.2) is 13.4 Å². The number of rotatable bonds is 7. The smallest absolute Gasteiger partial charge is 0.263 e. The normalized spacial score (nSPS) is 11.0. The first-order valence-electron chi connectivity index (χ1n) is 7.92. The molecule has 3 aromatic rings. The highest BCUT2D eigenvalue weighted by Gasteiger charge is 2.16. The highest BCUT2D eigenvalue weighted by Crippen LogP contribution is 2.21. The first-order chi connectivity index (χ1) is 13.0. The summed E-state index contributed by atoms with van der Waals surface area (Å²) in [6, 6.07) is 15.0. The number of methoxy groups -OCH3 is 1. The third-order valence-corrected chi connectivity index (χ3v) is 5.83. The largest absolute Gasteiger partial charge is 0.497 e. The van der Waals surface area contributed by atoms with Gasteiger partial charge in [-0.05, 0) is 36.4 Å². The fourth-order valence-corrected chi connectivity index (χ4v) is 4.24. The zero-order chi connectivity index (χ0) is 19.3. The second kappa shape index (κ2) is 8.19. The first kappa shape index (κ1) is 18.9. The molecule has 0 aliphatic heterocycles. The van der Waals surface area contributed by atoms with Gasteiger partial charge in [0.25, 0.3) is 10.0 Å². The van der Waals surface area contributed by atoms with Crippen LogP contribution in [0.3, 0.4) is 0 Å². The summed E-state index contributed by atoms with van der Waals surface area (Å²) in [5.74, 6) is 0.450. The lowest BCUT2D eigenvalue weighted by Crippen LogP contribution is -2.15. The molecule has 0 unspecified atom stereocenters. The SMILES string of the molecule is COc1ccc(NC(=O)Cc2csc(NS(=O)(=O)c3ccccc3)n2)cc1. The van der Waals surface area contributed by atoms with E-state index in [0.717, 1.165) is 11.3 Å². The van der Waals surface area contributed by atoms with Crippen molar-refractivity contribution in [1.82, 2.24) is 4.98 Å². The van der Waals surface area contributed by atoms with E-state index >= 15 is 0 Å². The molecule has 0 bridgehead atoms. The number of thiazole rings is 1. The molecule has 0 saturated heterocycles. The van der Waals surface area contributed by atoms with Crippen LogP contribution in [0.2, 0.25) is 0 Å². The molecule has 1 aromatic heterocycles. The number of nitrogens with zero attached hydrogens (tertiary/aromatic N) is 1. The number of aromatic nitrogens is 1. The number of hydrogen-bond acceptors (Lipinski definition) is 6. The van der Waals surface area contributed by atoms with E-state index < -0.39 is 10.0 Å². The van der Waals surface area contributed by atoms with E-state index in [4.69, 9.17) is 4.74 Å². The van der Waals surface area contributed by atoms with Gasteiger partial charge >= 0.3 is 0 Å². The molecule has 0 aliphatic carbocycles. The average molecular weight is 403 g/mol. The molecule has 0 aliphatic rings. The summed E-state index contributed by atoms with van der Waals surface area (Å²) in [6.07, 6.45) is 0.0373. The van der Waals surface area contributed by atoms with Crippen LogP contribution in [-0.4, -0.2) is 26.4 Å². The van der Waals surface area contributed by atoms with Crippen molar-refractivity contribution < 1.29 is 17.9 Å². The molecule has 0 atom stereocenters. The zero-order valence-corrected chi connectivity index (χ0v) is 16.0. The Morgan fingerprint density at radius 1 is 1.11 bits per heavy atom. The molecular formula is C18H17N3O4S2. The Morgan fingerprint density at radius 3 is 2.48 bits per heavy atom. The molecule has 0 spiro atoms. The predicted molar refractivity (Wildman–Crippen MR) is 105 cm³/mol. The number of anilines is 2. The monoisotopic (exact) mass is 403 g/mol. The topological polar surface area (TPSA) is 97.4 Å². The van der Waals surface area contributed by atoms with Gasteiger partial charge < -0.3 is 10.1 Å². The van der Waals surface area contributed by atoms with Gasteiger partial charge in [-0.1, -0.05) is 18.2 Å². The number of sulfonamides is 1. The van der Waals surface area contributed by atoms with Crippen LogP contribution in [0, 0.1) is 0 Å². The Bertz CT molecular complexity index is 1020. The van der Waals surface area contributed by atoms with Crippen LogP contribution in [0.4, 0.5) is 10.8 Å². The Labute approximate surface area is 161 Å². The van der Waals surface area contributed by atoms with Crippen LogP contribution in [0.25, 0.3) is 0 Å². The quantitative estimate of drug-likeness (QED) is 0.632. The van der Waals surface area contributed by atoms with Crippen molar-refractivity contribution in [3.8, 4) is 5.75 Å². The summed E-state index contributed by atoms with van der Waals surface area (Å²) >= 11 is 1.13. The van der Waals surface area contributed by atoms with Crippen molar-refractivity contribution in [2.75, 3.05) is 17.1 Å². The van der Waals surface area contributed by atoms with Gasteiger partial charge in [0.2, 0.25) is 5.91 Å². The molecule has 1 heterocycles. The van der Waals surface area contributed by atoms with E-state index in [1.807, 2.05) is 0 Å². The number of ether oxygens (including phenoxy) is 1. The minimum Gasteiger partial charge on any atom is -0.497 e. The molecule has 2 N–H and O–H groups in total. The van der Waals surface area contributed by atoms with Gasteiger partial charge in [-0.2, -0.15) is 0 Å². The third-order valence-electron chi connectivity index (χ3n) is 3.54. The lowest BCUT2D eigenvalue weighted by atomic mass is 10.2. The van der Waals surface area contributed by atoms with E-state index in [9.17, 15) is 13.2 Å². The molecule has 2 aromatic carbocycles. The summed E-state index contributed by atoms with van der Waals surface area (Å²) in [7, 11) is -2.13. The number of carbonyl (C=O) groups excluding carboxylic acids is 1. The number of benzene rings is 2. The van der Waals surface area contributed by atoms with Gasteiger partial charge in [0.1, 0.15) is 5.75 Å². The van der Waals surface area contributed by atoms with Crippen LogP contribution in [0.15, 0.2) is 64.9 Å². The van der Waals surface area contributed by atoms with Crippen molar-refractivity contribution in [3.63, 3.8) is 0 Å². The first-order valence-corrected chi connectivity index (χ1v) is 10.3. The maximum absolute atomic E-state index is 12.3. The van der Waals surface area contributed by atoms with Gasteiger partial charge in [-0.3, -0.25) is 9.52 Å². The molecule has 1 amide bonds. The molecule has 27 heavy (non-hydrogen) atoms. The summed E-state index contributed by atoms with van der Waals surface area (Å²) in [5.41, 5.74) is 1.12. The Kier molecular flexibility index (Phi) is 5.72. The van der Waals surface area contributed by atoms with Gasteiger partial charge in [0.05, 0.1) is 24.1 Å². The van der Waals surface area contributed by atoms with Crippen LogP contribution in [0.1, 0.15) is 5.69 Å². The minimum absolute atomic E-state index is 0.0373. The maximum Gasteiger partial charge on any atom is 0.263 e. The molecular weight excluding hydrogens is 386 g/mol. The number of nitrogens with one attached hydrogen (secondary N) is 2. The second-order valence-corrected chi connectivity index (χ2v) is 8.06. The van der Waals surface area contributed by atoms with Crippen LogP contribution >= 0.6 is 11.3 Å². The van der Waals surface area contributed by atoms with E-state index in [2.05, 4.69) is 15.0 Å². The van der Waals surface area contributed by atoms with Gasteiger partial charge in [0.15, 0.2) is 5.13 Å². The maximum atomic E-state index is 12.3. The third kappa shape index (κ3) is 5.05. The lowest BCUT2D eigenvalue weighted by Gasteiger charge is -2.05. The van der Waals surface area contributed by atoms with E-state index in [1.54, 1.807) is 55.0 Å². The second-order valence-electron chi connectivity index (χ2n) is 5.52. The van der Waals surface area contributed by atoms with Crippen LogP contribution in [0.5, 0.6) is 5.75 Å². The van der Waals surface area contributed by atoms with Crippen LogP contribution < -0.4 is 14.8 Å². The standard InChI is InChI=1S/C18H17N3O4S2/c1-25-15-9-7-13(8-10-15)19-17(22)11-14-12-26-18(20-14)21-27(23,24)16-5-3-2-4-6-16/h2-10,12H,11H2,1H3,(H,19,22)(H,20,21). The molecule has 0 saturated carbocycles. The van der Waals surface area contributed by atoms with Crippen LogP contribution in [-0.2, 0) is 21.2 Å². The molecule has 0 fully saturated rings. The van der Waals surface area contributed by atoms with E-state index in [0.29, 0.717) is 17.1 Å². The van der Waals surface area contributed by atoms with Crippen molar-refractivity contribution in [3.05, 3.63) is 65.7 Å². The Balaban J connectivity index is 1.61. The Hall–Kier alpha value is -2.91. The van der Waals surface area contributed by atoms with Gasteiger partial charge in [-0.15, -0.1) is 11.3 Å². The number of carbonyl (C=O) groups is 1. The highest BCUT2D eigenvalue weighted by atomic mass is 32.2. The van der Waals surface area contributed by atoms with Crippen molar-refractivity contribution in [2.45, 2.75) is 11.3 Å².